The lowest BCUT2D eigenvalue weighted by Crippen LogP contribution is -2.29. The molecule has 1 heterocycles. The van der Waals surface area contributed by atoms with Gasteiger partial charge < -0.3 is 5.32 Å². The summed E-state index contributed by atoms with van der Waals surface area (Å²) in [6.07, 6.45) is 1.59. The lowest BCUT2D eigenvalue weighted by molar-refractivity contribution is -0.116. The Morgan fingerprint density at radius 3 is 2.56 bits per heavy atom. The second-order valence-electron chi connectivity index (χ2n) is 7.67. The fourth-order valence-corrected chi connectivity index (χ4v) is 4.81. The fraction of sp³-hybridized carbons (Fsp3) is 0.208. The quantitative estimate of drug-likeness (QED) is 0.487. The summed E-state index contributed by atoms with van der Waals surface area (Å²) < 4.78 is 1.05. The highest BCUT2D eigenvalue weighted by molar-refractivity contribution is 9.10. The zero-order valence-electron chi connectivity index (χ0n) is 15.1. The summed E-state index contributed by atoms with van der Waals surface area (Å²) in [5.41, 5.74) is 5.67. The maximum absolute atomic E-state index is 13.1. The largest absolute Gasteiger partial charge is 0.373 e. The van der Waals surface area contributed by atoms with Crippen LogP contribution in [0.15, 0.2) is 70.7 Å². The van der Waals surface area contributed by atoms with Crippen LogP contribution in [0.25, 0.3) is 16.3 Å². The molecule has 3 heteroatoms. The van der Waals surface area contributed by atoms with Gasteiger partial charge in [0.05, 0.1) is 6.04 Å². The van der Waals surface area contributed by atoms with Gasteiger partial charge in [-0.25, -0.2) is 0 Å². The van der Waals surface area contributed by atoms with Crippen LogP contribution in [0.3, 0.4) is 0 Å². The Labute approximate surface area is 167 Å². The van der Waals surface area contributed by atoms with Crippen molar-refractivity contribution in [1.29, 1.82) is 0 Å². The van der Waals surface area contributed by atoms with Crippen LogP contribution in [-0.2, 0) is 4.79 Å². The van der Waals surface area contributed by atoms with Crippen LogP contribution in [0.1, 0.15) is 36.9 Å². The van der Waals surface area contributed by atoms with Crippen molar-refractivity contribution in [2.75, 3.05) is 5.32 Å². The van der Waals surface area contributed by atoms with E-state index in [0.717, 1.165) is 27.7 Å². The molecule has 2 atom stereocenters. The Hall–Kier alpha value is -2.39. The topological polar surface area (TPSA) is 29.1 Å². The molecule has 0 bridgehead atoms. The van der Waals surface area contributed by atoms with E-state index in [4.69, 9.17) is 0 Å². The van der Waals surface area contributed by atoms with Crippen molar-refractivity contribution in [2.24, 2.45) is 5.92 Å². The van der Waals surface area contributed by atoms with E-state index in [1.165, 1.54) is 21.9 Å². The molecule has 1 N–H and O–H groups in total. The Kier molecular flexibility index (Phi) is 3.94. The molecule has 0 saturated carbocycles. The van der Waals surface area contributed by atoms with E-state index in [9.17, 15) is 4.79 Å². The number of hydrogen-bond donors (Lipinski definition) is 1. The first-order valence-electron chi connectivity index (χ1n) is 9.42. The van der Waals surface area contributed by atoms with E-state index in [1.807, 2.05) is 12.1 Å². The van der Waals surface area contributed by atoms with Crippen LogP contribution in [0.4, 0.5) is 5.69 Å². The summed E-state index contributed by atoms with van der Waals surface area (Å²) in [5, 5.41) is 6.12. The minimum absolute atomic E-state index is 0.0817. The van der Waals surface area contributed by atoms with Crippen molar-refractivity contribution in [2.45, 2.75) is 25.8 Å². The molecule has 3 aromatic carbocycles. The predicted octanol–water partition coefficient (Wildman–Crippen LogP) is 6.52. The van der Waals surface area contributed by atoms with Crippen LogP contribution in [0, 0.1) is 5.92 Å². The van der Waals surface area contributed by atoms with Gasteiger partial charge >= 0.3 is 0 Å². The van der Waals surface area contributed by atoms with Crippen LogP contribution in [0.5, 0.6) is 0 Å². The van der Waals surface area contributed by atoms with Crippen LogP contribution >= 0.6 is 15.9 Å². The summed E-state index contributed by atoms with van der Waals surface area (Å²) in [6.45, 7) is 2.18. The first kappa shape index (κ1) is 16.8. The number of benzene rings is 3. The molecule has 134 valence electrons. The molecule has 3 aromatic rings. The number of hydrogen-bond acceptors (Lipinski definition) is 2. The Balaban J connectivity index is 1.78. The first-order valence-corrected chi connectivity index (χ1v) is 10.2. The molecule has 0 saturated heterocycles. The van der Waals surface area contributed by atoms with Gasteiger partial charge in [-0.1, -0.05) is 65.3 Å². The number of ketones is 1. The second-order valence-corrected chi connectivity index (χ2v) is 8.58. The van der Waals surface area contributed by atoms with Crippen molar-refractivity contribution < 1.29 is 4.79 Å². The third kappa shape index (κ3) is 2.72. The number of anilines is 1. The van der Waals surface area contributed by atoms with Crippen molar-refractivity contribution in [1.82, 2.24) is 0 Å². The van der Waals surface area contributed by atoms with E-state index in [-0.39, 0.29) is 11.8 Å². The highest BCUT2D eigenvalue weighted by Crippen LogP contribution is 2.49. The van der Waals surface area contributed by atoms with E-state index < -0.39 is 0 Å². The fourth-order valence-electron chi connectivity index (χ4n) is 4.55. The van der Waals surface area contributed by atoms with Crippen LogP contribution < -0.4 is 5.32 Å². The van der Waals surface area contributed by atoms with Gasteiger partial charge in [0.1, 0.15) is 0 Å². The number of allylic oxidation sites excluding steroid dienone is 1. The monoisotopic (exact) mass is 417 g/mol. The van der Waals surface area contributed by atoms with Crippen molar-refractivity contribution in [3.8, 4) is 0 Å². The van der Waals surface area contributed by atoms with Gasteiger partial charge in [-0.3, -0.25) is 4.79 Å². The molecule has 0 aromatic heterocycles. The molecular weight excluding hydrogens is 398 g/mol. The average molecular weight is 418 g/mol. The summed E-state index contributed by atoms with van der Waals surface area (Å²) >= 11 is 3.51. The molecule has 2 unspecified atom stereocenters. The summed E-state index contributed by atoms with van der Waals surface area (Å²) in [4.78, 5) is 13.1. The number of halogens is 1. The van der Waals surface area contributed by atoms with Gasteiger partial charge in [0, 0.05) is 27.7 Å². The number of carbonyl (C=O) groups is 1. The molecule has 1 aliphatic carbocycles. The lowest BCUT2D eigenvalue weighted by Gasteiger charge is -2.36. The number of nitrogens with one attached hydrogen (secondary N) is 1. The molecule has 0 spiro atoms. The van der Waals surface area contributed by atoms with Gasteiger partial charge in [0.2, 0.25) is 0 Å². The molecule has 0 amide bonds. The first-order chi connectivity index (χ1) is 13.1. The Morgan fingerprint density at radius 1 is 0.963 bits per heavy atom. The molecular formula is C24H20BrNO. The summed E-state index contributed by atoms with van der Waals surface area (Å²) in [6, 6.07) is 21.0. The molecule has 27 heavy (non-hydrogen) atoms. The van der Waals surface area contributed by atoms with E-state index in [0.29, 0.717) is 12.3 Å². The van der Waals surface area contributed by atoms with Gasteiger partial charge in [-0.05, 0) is 52.4 Å². The van der Waals surface area contributed by atoms with Gasteiger partial charge in [0.15, 0.2) is 5.78 Å². The molecule has 1 aliphatic heterocycles. The zero-order chi connectivity index (χ0) is 18.5. The Bertz CT molecular complexity index is 1100. The van der Waals surface area contributed by atoms with Gasteiger partial charge in [0.25, 0.3) is 0 Å². The standard InChI is InChI=1S/C24H20BrNO/c1-14-12-19-22-18-5-3-2-4-15(18)8-11-20(22)26-24(23(19)21(27)13-14)16-6-9-17(25)10-7-16/h2-11,14,24,26H,12-13H2,1H3. The molecule has 0 fully saturated rings. The lowest BCUT2D eigenvalue weighted by atomic mass is 9.74. The minimum atomic E-state index is -0.0817. The zero-order valence-corrected chi connectivity index (χ0v) is 16.7. The third-order valence-electron chi connectivity index (χ3n) is 5.73. The SMILES string of the molecule is CC1CC(=O)C2=C(C1)c1c(ccc3ccccc13)NC2c1ccc(Br)cc1. The smallest absolute Gasteiger partial charge is 0.161 e. The molecule has 2 aliphatic rings. The summed E-state index contributed by atoms with van der Waals surface area (Å²) in [7, 11) is 0. The minimum Gasteiger partial charge on any atom is -0.373 e. The molecule has 2 nitrogen and oxygen atoms in total. The van der Waals surface area contributed by atoms with Crippen LogP contribution in [0.2, 0.25) is 0 Å². The van der Waals surface area contributed by atoms with Gasteiger partial charge in [-0.15, -0.1) is 0 Å². The van der Waals surface area contributed by atoms with Gasteiger partial charge in [-0.2, -0.15) is 0 Å². The molecule has 5 rings (SSSR count). The van der Waals surface area contributed by atoms with Crippen LogP contribution in [-0.4, -0.2) is 5.78 Å². The number of Topliss-reactive ketones (excluding diaryl/α,β-unsaturated/α-hetero) is 1. The number of fused-ring (bicyclic) bond motifs is 4. The number of carbonyl (C=O) groups excluding carboxylic acids is 1. The average Bonchev–Trinajstić information content (AvgIpc) is 2.67. The summed E-state index contributed by atoms with van der Waals surface area (Å²) in [5.74, 6) is 0.662. The highest BCUT2D eigenvalue weighted by Gasteiger charge is 2.36. The second kappa shape index (κ2) is 6.35. The molecule has 0 radical (unpaired) electrons. The van der Waals surface area contributed by atoms with Crippen molar-refractivity contribution in [3.05, 3.63) is 81.8 Å². The van der Waals surface area contributed by atoms with E-state index >= 15 is 0 Å². The van der Waals surface area contributed by atoms with E-state index in [1.54, 1.807) is 0 Å². The normalized spacial score (nSPS) is 21.6. The highest BCUT2D eigenvalue weighted by atomic mass is 79.9. The van der Waals surface area contributed by atoms with E-state index in [2.05, 4.69) is 76.7 Å². The maximum Gasteiger partial charge on any atom is 0.161 e. The maximum atomic E-state index is 13.1. The Morgan fingerprint density at radius 2 is 1.74 bits per heavy atom. The van der Waals surface area contributed by atoms with Crippen molar-refractivity contribution >= 4 is 43.7 Å². The predicted molar refractivity (Wildman–Crippen MR) is 115 cm³/mol. The number of rotatable bonds is 1. The van der Waals surface area contributed by atoms with Crippen molar-refractivity contribution in [3.63, 3.8) is 0 Å². The third-order valence-corrected chi connectivity index (χ3v) is 6.26.